The molecule has 0 radical (unpaired) electrons. The van der Waals surface area contributed by atoms with Gasteiger partial charge >= 0.3 is 0 Å². The summed E-state index contributed by atoms with van der Waals surface area (Å²) in [6.07, 6.45) is 2.05. The van der Waals surface area contributed by atoms with E-state index in [1.807, 2.05) is 37.7 Å². The van der Waals surface area contributed by atoms with E-state index in [1.54, 1.807) is 16.0 Å². The van der Waals surface area contributed by atoms with Crippen molar-refractivity contribution in [2.24, 2.45) is 7.05 Å². The minimum atomic E-state index is -0.431. The van der Waals surface area contributed by atoms with Crippen molar-refractivity contribution in [2.75, 3.05) is 0 Å². The van der Waals surface area contributed by atoms with Crippen LogP contribution in [-0.2, 0) is 13.5 Å². The van der Waals surface area contributed by atoms with Crippen LogP contribution in [0.3, 0.4) is 0 Å². The SMILES string of the molecule is Cc1ccsc1C(O)Cc1ccn(C)n1. The molecule has 0 aromatic carbocycles. The zero-order valence-corrected chi connectivity index (χ0v) is 9.66. The van der Waals surface area contributed by atoms with Crippen LogP contribution in [0.5, 0.6) is 0 Å². The lowest BCUT2D eigenvalue weighted by Gasteiger charge is -2.07. The van der Waals surface area contributed by atoms with Gasteiger partial charge in [0, 0.05) is 24.5 Å². The standard InChI is InChI=1S/C11H14N2OS/c1-8-4-6-15-11(8)10(14)7-9-3-5-13(2)12-9/h3-6,10,14H,7H2,1-2H3. The maximum atomic E-state index is 10.0. The number of aryl methyl sites for hydroxylation is 2. The average Bonchev–Trinajstić information content (AvgIpc) is 2.75. The van der Waals surface area contributed by atoms with Gasteiger partial charge in [-0.1, -0.05) is 0 Å². The summed E-state index contributed by atoms with van der Waals surface area (Å²) in [6.45, 7) is 2.02. The van der Waals surface area contributed by atoms with Crippen molar-refractivity contribution in [1.29, 1.82) is 0 Å². The smallest absolute Gasteiger partial charge is 0.0940 e. The second-order valence-electron chi connectivity index (χ2n) is 3.67. The van der Waals surface area contributed by atoms with Crippen LogP contribution in [-0.4, -0.2) is 14.9 Å². The number of nitrogens with zero attached hydrogens (tertiary/aromatic N) is 2. The highest BCUT2D eigenvalue weighted by Crippen LogP contribution is 2.25. The monoisotopic (exact) mass is 222 g/mol. The van der Waals surface area contributed by atoms with Gasteiger partial charge in [-0.25, -0.2) is 0 Å². The summed E-state index contributed by atoms with van der Waals surface area (Å²) in [7, 11) is 1.88. The lowest BCUT2D eigenvalue weighted by molar-refractivity contribution is 0.180. The minimum absolute atomic E-state index is 0.431. The summed E-state index contributed by atoms with van der Waals surface area (Å²) in [6, 6.07) is 3.97. The molecule has 2 aromatic heterocycles. The Hall–Kier alpha value is -1.13. The van der Waals surface area contributed by atoms with Crippen molar-refractivity contribution in [3.05, 3.63) is 39.8 Å². The van der Waals surface area contributed by atoms with E-state index in [4.69, 9.17) is 0 Å². The summed E-state index contributed by atoms with van der Waals surface area (Å²) < 4.78 is 1.75. The number of rotatable bonds is 3. The van der Waals surface area contributed by atoms with E-state index in [-0.39, 0.29) is 0 Å². The molecule has 0 fully saturated rings. The Labute approximate surface area is 93.0 Å². The Morgan fingerprint density at radius 3 is 2.87 bits per heavy atom. The van der Waals surface area contributed by atoms with Gasteiger partial charge in [0.15, 0.2) is 0 Å². The summed E-state index contributed by atoms with van der Waals surface area (Å²) in [5.41, 5.74) is 2.08. The normalized spacial score (nSPS) is 13.0. The van der Waals surface area contributed by atoms with E-state index < -0.39 is 6.10 Å². The fraction of sp³-hybridized carbons (Fsp3) is 0.364. The number of aliphatic hydroxyl groups is 1. The molecule has 0 spiro atoms. The molecule has 1 N–H and O–H groups in total. The Balaban J connectivity index is 2.10. The van der Waals surface area contributed by atoms with E-state index in [2.05, 4.69) is 5.10 Å². The first-order chi connectivity index (χ1) is 7.16. The molecule has 2 rings (SSSR count). The van der Waals surface area contributed by atoms with Crippen molar-refractivity contribution in [1.82, 2.24) is 9.78 Å². The van der Waals surface area contributed by atoms with Gasteiger partial charge < -0.3 is 5.11 Å². The molecule has 80 valence electrons. The van der Waals surface area contributed by atoms with Crippen LogP contribution in [0.25, 0.3) is 0 Å². The molecule has 0 aliphatic heterocycles. The van der Waals surface area contributed by atoms with E-state index in [0.29, 0.717) is 6.42 Å². The summed E-state index contributed by atoms with van der Waals surface area (Å²) in [5.74, 6) is 0. The molecule has 15 heavy (non-hydrogen) atoms. The Morgan fingerprint density at radius 2 is 2.33 bits per heavy atom. The Morgan fingerprint density at radius 1 is 1.53 bits per heavy atom. The molecule has 0 amide bonds. The van der Waals surface area contributed by atoms with Crippen LogP contribution in [0.15, 0.2) is 23.7 Å². The molecule has 0 saturated heterocycles. The van der Waals surface area contributed by atoms with Gasteiger partial charge in [-0.3, -0.25) is 4.68 Å². The molecule has 2 aromatic rings. The maximum absolute atomic E-state index is 10.0. The van der Waals surface area contributed by atoms with Gasteiger partial charge in [-0.2, -0.15) is 5.10 Å². The third-order valence-corrected chi connectivity index (χ3v) is 3.50. The van der Waals surface area contributed by atoms with Crippen molar-refractivity contribution in [2.45, 2.75) is 19.4 Å². The highest BCUT2D eigenvalue weighted by Gasteiger charge is 2.13. The lowest BCUT2D eigenvalue weighted by atomic mass is 10.1. The van der Waals surface area contributed by atoms with Gasteiger partial charge in [0.25, 0.3) is 0 Å². The molecular weight excluding hydrogens is 208 g/mol. The van der Waals surface area contributed by atoms with Crippen LogP contribution in [0.2, 0.25) is 0 Å². The maximum Gasteiger partial charge on any atom is 0.0940 e. The van der Waals surface area contributed by atoms with Crippen LogP contribution in [0.1, 0.15) is 22.2 Å². The largest absolute Gasteiger partial charge is 0.387 e. The molecule has 0 aliphatic carbocycles. The summed E-state index contributed by atoms with van der Waals surface area (Å²) in [4.78, 5) is 1.04. The molecule has 0 saturated carbocycles. The van der Waals surface area contributed by atoms with Crippen molar-refractivity contribution in [3.8, 4) is 0 Å². The minimum Gasteiger partial charge on any atom is -0.387 e. The number of aromatic nitrogens is 2. The van der Waals surface area contributed by atoms with Crippen molar-refractivity contribution < 1.29 is 5.11 Å². The first-order valence-electron chi connectivity index (χ1n) is 4.87. The Kier molecular flexibility index (Phi) is 2.88. The quantitative estimate of drug-likeness (QED) is 0.863. The zero-order chi connectivity index (χ0) is 10.8. The van der Waals surface area contributed by atoms with E-state index in [9.17, 15) is 5.11 Å². The Bertz CT molecular complexity index is 447. The van der Waals surface area contributed by atoms with Crippen LogP contribution >= 0.6 is 11.3 Å². The van der Waals surface area contributed by atoms with Gasteiger partial charge in [0.2, 0.25) is 0 Å². The average molecular weight is 222 g/mol. The van der Waals surface area contributed by atoms with E-state index in [1.165, 1.54) is 0 Å². The second-order valence-corrected chi connectivity index (χ2v) is 4.62. The van der Waals surface area contributed by atoms with Crippen LogP contribution in [0, 0.1) is 6.92 Å². The van der Waals surface area contributed by atoms with Crippen LogP contribution in [0.4, 0.5) is 0 Å². The molecular formula is C11H14N2OS. The predicted octanol–water partition coefficient (Wildman–Crippen LogP) is 2.07. The number of hydrogen-bond donors (Lipinski definition) is 1. The van der Waals surface area contributed by atoms with Gasteiger partial charge in [0.05, 0.1) is 11.8 Å². The van der Waals surface area contributed by atoms with E-state index in [0.717, 1.165) is 16.1 Å². The molecule has 2 heterocycles. The second kappa shape index (κ2) is 4.16. The highest BCUT2D eigenvalue weighted by molar-refractivity contribution is 7.10. The first-order valence-corrected chi connectivity index (χ1v) is 5.75. The topological polar surface area (TPSA) is 38.0 Å². The summed E-state index contributed by atoms with van der Waals surface area (Å²) >= 11 is 1.60. The third-order valence-electron chi connectivity index (χ3n) is 2.38. The van der Waals surface area contributed by atoms with Crippen molar-refractivity contribution >= 4 is 11.3 Å². The number of hydrogen-bond acceptors (Lipinski definition) is 3. The fourth-order valence-corrected chi connectivity index (χ4v) is 2.50. The molecule has 0 aliphatic rings. The van der Waals surface area contributed by atoms with Gasteiger partial charge in [-0.15, -0.1) is 11.3 Å². The molecule has 1 unspecified atom stereocenters. The molecule has 4 heteroatoms. The van der Waals surface area contributed by atoms with Gasteiger partial charge in [0.1, 0.15) is 0 Å². The first kappa shape index (κ1) is 10.4. The van der Waals surface area contributed by atoms with Crippen molar-refractivity contribution in [3.63, 3.8) is 0 Å². The number of thiophene rings is 1. The molecule has 3 nitrogen and oxygen atoms in total. The van der Waals surface area contributed by atoms with E-state index >= 15 is 0 Å². The highest BCUT2D eigenvalue weighted by atomic mass is 32.1. The zero-order valence-electron chi connectivity index (χ0n) is 8.84. The predicted molar refractivity (Wildman–Crippen MR) is 60.9 cm³/mol. The van der Waals surface area contributed by atoms with Crippen LogP contribution < -0.4 is 0 Å². The number of aliphatic hydroxyl groups excluding tert-OH is 1. The fourth-order valence-electron chi connectivity index (χ4n) is 1.59. The lowest BCUT2D eigenvalue weighted by Crippen LogP contribution is -2.02. The molecule has 0 bridgehead atoms. The van der Waals surface area contributed by atoms with Gasteiger partial charge in [-0.05, 0) is 30.0 Å². The summed E-state index contributed by atoms with van der Waals surface area (Å²) in [5, 5.41) is 16.3. The third kappa shape index (κ3) is 2.27. The molecule has 1 atom stereocenters.